The molecule has 1 aliphatic carbocycles. The first-order valence-corrected chi connectivity index (χ1v) is 9.80. The largest absolute Gasteiger partial charge is 0.348 e. The summed E-state index contributed by atoms with van der Waals surface area (Å²) in [5.74, 6) is 1.43. The summed E-state index contributed by atoms with van der Waals surface area (Å²) in [6, 6.07) is 6.27. The molecule has 27 heavy (non-hydrogen) atoms. The number of nitrogens with one attached hydrogen (secondary N) is 1. The van der Waals surface area contributed by atoms with Crippen molar-refractivity contribution in [1.29, 1.82) is 0 Å². The van der Waals surface area contributed by atoms with E-state index in [4.69, 9.17) is 0 Å². The zero-order valence-electron chi connectivity index (χ0n) is 15.3. The minimum atomic E-state index is -0.313. The second-order valence-corrected chi connectivity index (χ2v) is 7.72. The maximum atomic E-state index is 12.6. The van der Waals surface area contributed by atoms with Gasteiger partial charge in [-0.05, 0) is 48.9 Å². The van der Waals surface area contributed by atoms with Crippen molar-refractivity contribution in [1.82, 2.24) is 20.1 Å². The summed E-state index contributed by atoms with van der Waals surface area (Å²) in [4.78, 5) is 26.9. The second kappa shape index (κ2) is 6.48. The van der Waals surface area contributed by atoms with Gasteiger partial charge in [0.05, 0.1) is 12.5 Å². The third-order valence-corrected chi connectivity index (χ3v) is 6.00. The molecule has 2 aromatic rings. The van der Waals surface area contributed by atoms with Gasteiger partial charge in [-0.2, -0.15) is 0 Å². The maximum Gasteiger partial charge on any atom is 0.227 e. The van der Waals surface area contributed by atoms with Crippen LogP contribution >= 0.6 is 0 Å². The van der Waals surface area contributed by atoms with Crippen molar-refractivity contribution in [3.63, 3.8) is 0 Å². The van der Waals surface area contributed by atoms with E-state index in [2.05, 4.69) is 32.2 Å². The van der Waals surface area contributed by atoms with Gasteiger partial charge in [-0.25, -0.2) is 0 Å². The lowest BCUT2D eigenvalue weighted by molar-refractivity contribution is -0.126. The van der Waals surface area contributed by atoms with Crippen LogP contribution in [0.4, 0.5) is 5.69 Å². The van der Waals surface area contributed by atoms with Crippen molar-refractivity contribution < 1.29 is 9.59 Å². The highest BCUT2D eigenvalue weighted by Crippen LogP contribution is 2.30. The highest BCUT2D eigenvalue weighted by Gasteiger charge is 2.35. The molecule has 1 saturated heterocycles. The standard InChI is InChI=1S/C20H23N5O2/c26-19-10-15(12-25(19)16-7-6-13-3-1-4-14(13)9-16)20(27)21-11-18-23-22-17-5-2-8-24(17)18/h6-7,9,15H,1-5,8,10-12H2,(H,21,27). The first kappa shape index (κ1) is 16.5. The third kappa shape index (κ3) is 2.91. The third-order valence-electron chi connectivity index (χ3n) is 6.00. The highest BCUT2D eigenvalue weighted by molar-refractivity contribution is 6.00. The van der Waals surface area contributed by atoms with Crippen LogP contribution in [0.5, 0.6) is 0 Å². The maximum absolute atomic E-state index is 12.6. The zero-order valence-corrected chi connectivity index (χ0v) is 15.3. The van der Waals surface area contributed by atoms with E-state index in [1.807, 2.05) is 6.07 Å². The van der Waals surface area contributed by atoms with Gasteiger partial charge >= 0.3 is 0 Å². The first-order valence-electron chi connectivity index (χ1n) is 9.80. The molecule has 0 bridgehead atoms. The average molecular weight is 365 g/mol. The van der Waals surface area contributed by atoms with E-state index in [1.54, 1.807) is 4.90 Å². The van der Waals surface area contributed by atoms with Gasteiger partial charge in [0.15, 0.2) is 5.82 Å². The van der Waals surface area contributed by atoms with Crippen LogP contribution in [0.15, 0.2) is 18.2 Å². The molecule has 2 amide bonds. The number of benzene rings is 1. The monoisotopic (exact) mass is 365 g/mol. The number of rotatable bonds is 4. The summed E-state index contributed by atoms with van der Waals surface area (Å²) in [7, 11) is 0. The van der Waals surface area contributed by atoms with Crippen LogP contribution in [0.3, 0.4) is 0 Å². The number of hydrogen-bond acceptors (Lipinski definition) is 4. The van der Waals surface area contributed by atoms with Gasteiger partial charge in [-0.1, -0.05) is 6.07 Å². The van der Waals surface area contributed by atoms with E-state index >= 15 is 0 Å². The number of carbonyl (C=O) groups is 2. The Kier molecular flexibility index (Phi) is 3.95. The predicted octanol–water partition coefficient (Wildman–Crippen LogP) is 1.38. The minimum Gasteiger partial charge on any atom is -0.348 e. The molecule has 140 valence electrons. The molecule has 1 atom stereocenters. The summed E-state index contributed by atoms with van der Waals surface area (Å²) in [6.45, 7) is 1.73. The minimum absolute atomic E-state index is 0.0245. The molecule has 7 nitrogen and oxygen atoms in total. The van der Waals surface area contributed by atoms with E-state index < -0.39 is 0 Å². The van der Waals surface area contributed by atoms with Crippen LogP contribution in [0.1, 0.15) is 42.0 Å². The summed E-state index contributed by atoms with van der Waals surface area (Å²) in [5.41, 5.74) is 3.65. The number of amides is 2. The number of carbonyl (C=O) groups excluding carboxylic acids is 2. The number of hydrogen-bond donors (Lipinski definition) is 1. The smallest absolute Gasteiger partial charge is 0.227 e. The zero-order chi connectivity index (χ0) is 18.4. The SMILES string of the molecule is O=C(NCc1nnc2n1CCC2)C1CC(=O)N(c2ccc3c(c2)CCC3)C1. The Morgan fingerprint density at radius 1 is 1.15 bits per heavy atom. The summed E-state index contributed by atoms with van der Waals surface area (Å²) in [6.07, 6.45) is 5.69. The fraction of sp³-hybridized carbons (Fsp3) is 0.500. The van der Waals surface area contributed by atoms with E-state index in [0.717, 1.165) is 49.6 Å². The predicted molar refractivity (Wildman–Crippen MR) is 99.1 cm³/mol. The summed E-state index contributed by atoms with van der Waals surface area (Å²) >= 11 is 0. The lowest BCUT2D eigenvalue weighted by atomic mass is 10.1. The second-order valence-electron chi connectivity index (χ2n) is 7.72. The Balaban J connectivity index is 1.24. The van der Waals surface area contributed by atoms with Crippen molar-refractivity contribution in [2.75, 3.05) is 11.4 Å². The average Bonchev–Trinajstić information content (AvgIpc) is 3.43. The van der Waals surface area contributed by atoms with Gasteiger partial charge in [0, 0.05) is 31.6 Å². The lowest BCUT2D eigenvalue weighted by Gasteiger charge is -2.18. The van der Waals surface area contributed by atoms with E-state index in [1.165, 1.54) is 17.5 Å². The van der Waals surface area contributed by atoms with Gasteiger partial charge in [-0.3, -0.25) is 9.59 Å². The van der Waals surface area contributed by atoms with Crippen molar-refractivity contribution >= 4 is 17.5 Å². The number of nitrogens with zero attached hydrogens (tertiary/aromatic N) is 4. The van der Waals surface area contributed by atoms with Crippen LogP contribution < -0.4 is 10.2 Å². The Morgan fingerprint density at radius 2 is 2.04 bits per heavy atom. The molecule has 1 N–H and O–H groups in total. The molecular weight excluding hydrogens is 342 g/mol. The lowest BCUT2D eigenvalue weighted by Crippen LogP contribution is -2.33. The van der Waals surface area contributed by atoms with Crippen LogP contribution in [0, 0.1) is 5.92 Å². The van der Waals surface area contributed by atoms with Gasteiger partial charge in [-0.15, -0.1) is 10.2 Å². The molecule has 2 aliphatic heterocycles. The van der Waals surface area contributed by atoms with Crippen LogP contribution in [0.2, 0.25) is 0 Å². The van der Waals surface area contributed by atoms with Gasteiger partial charge in [0.25, 0.3) is 0 Å². The molecule has 1 aromatic heterocycles. The van der Waals surface area contributed by atoms with Gasteiger partial charge < -0.3 is 14.8 Å². The van der Waals surface area contributed by atoms with Crippen molar-refractivity contribution in [3.8, 4) is 0 Å². The molecule has 5 rings (SSSR count). The van der Waals surface area contributed by atoms with E-state index in [9.17, 15) is 9.59 Å². The van der Waals surface area contributed by atoms with E-state index in [-0.39, 0.29) is 24.2 Å². The molecule has 1 unspecified atom stereocenters. The molecule has 3 heterocycles. The number of aromatic nitrogens is 3. The highest BCUT2D eigenvalue weighted by atomic mass is 16.2. The Labute approximate surface area is 157 Å². The van der Waals surface area contributed by atoms with E-state index in [0.29, 0.717) is 13.1 Å². The molecule has 7 heteroatoms. The summed E-state index contributed by atoms with van der Waals surface area (Å²) in [5, 5.41) is 11.3. The van der Waals surface area contributed by atoms with Crippen LogP contribution in [-0.4, -0.2) is 33.1 Å². The molecule has 1 fully saturated rings. The molecular formula is C20H23N5O2. The van der Waals surface area contributed by atoms with Crippen LogP contribution in [-0.2, 0) is 41.9 Å². The molecule has 0 radical (unpaired) electrons. The first-order chi connectivity index (χ1) is 13.2. The molecule has 1 aromatic carbocycles. The van der Waals surface area contributed by atoms with Gasteiger partial charge in [0.2, 0.25) is 11.8 Å². The molecule has 3 aliphatic rings. The van der Waals surface area contributed by atoms with Crippen molar-refractivity contribution in [2.24, 2.45) is 5.92 Å². The fourth-order valence-corrected chi connectivity index (χ4v) is 4.51. The quantitative estimate of drug-likeness (QED) is 0.888. The number of fused-ring (bicyclic) bond motifs is 2. The molecule has 0 saturated carbocycles. The topological polar surface area (TPSA) is 80.1 Å². The van der Waals surface area contributed by atoms with Gasteiger partial charge in [0.1, 0.15) is 5.82 Å². The molecule has 0 spiro atoms. The number of anilines is 1. The normalized spacial score (nSPS) is 20.8. The Hall–Kier alpha value is -2.70. The Morgan fingerprint density at radius 3 is 2.96 bits per heavy atom. The van der Waals surface area contributed by atoms with Crippen molar-refractivity contribution in [3.05, 3.63) is 41.0 Å². The van der Waals surface area contributed by atoms with Crippen molar-refractivity contribution in [2.45, 2.75) is 51.6 Å². The Bertz CT molecular complexity index is 919. The number of aryl methyl sites for hydroxylation is 3. The summed E-state index contributed by atoms with van der Waals surface area (Å²) < 4.78 is 2.08. The van der Waals surface area contributed by atoms with Crippen LogP contribution in [0.25, 0.3) is 0 Å². The fourth-order valence-electron chi connectivity index (χ4n) is 4.51.